The molecule has 35 heavy (non-hydrogen) atoms. The van der Waals surface area contributed by atoms with E-state index in [-0.39, 0.29) is 31.6 Å². The van der Waals surface area contributed by atoms with Gasteiger partial charge in [-0.2, -0.15) is 0 Å². The first-order valence-electron chi connectivity index (χ1n) is 10.9. The van der Waals surface area contributed by atoms with Crippen LogP contribution in [0.4, 0.5) is 0 Å². The maximum atomic E-state index is 12.9. The normalized spacial score (nSPS) is 15.3. The van der Waals surface area contributed by atoms with Crippen LogP contribution in [0.25, 0.3) is 0 Å². The van der Waals surface area contributed by atoms with Gasteiger partial charge < -0.3 is 14.8 Å². The monoisotopic (exact) mass is 554 g/mol. The Bertz CT molecular complexity index is 910. The number of aliphatic hydroxyl groups excluding tert-OH is 1. The topological polar surface area (TPSA) is 113 Å². The van der Waals surface area contributed by atoms with E-state index >= 15 is 0 Å². The van der Waals surface area contributed by atoms with Gasteiger partial charge in [0, 0.05) is 56.3 Å². The summed E-state index contributed by atoms with van der Waals surface area (Å²) >= 11 is 0. The van der Waals surface area contributed by atoms with Crippen LogP contribution in [0.5, 0.6) is 0 Å². The van der Waals surface area contributed by atoms with E-state index in [0.717, 1.165) is 10.1 Å². The summed E-state index contributed by atoms with van der Waals surface area (Å²) in [6.45, 7) is 1.05. The number of nitrogens with zero attached hydrogens (tertiary/aromatic N) is 4. The predicted octanol–water partition coefficient (Wildman–Crippen LogP) is 3.67. The first-order chi connectivity index (χ1) is 17.0. The first-order valence-corrected chi connectivity index (χ1v) is 15.6. The minimum atomic E-state index is -1.12. The zero-order chi connectivity index (χ0) is 24.9. The Morgan fingerprint density at radius 2 is 1.60 bits per heavy atom. The Labute approximate surface area is 219 Å². The van der Waals surface area contributed by atoms with Crippen molar-refractivity contribution in [2.45, 2.75) is 42.0 Å². The number of amides is 2. The third-order valence-electron chi connectivity index (χ3n) is 4.68. The minimum Gasteiger partial charge on any atom is -0.370 e. The molecule has 1 aliphatic rings. The summed E-state index contributed by atoms with van der Waals surface area (Å²) in [6, 6.07) is 11.4. The molecule has 1 aliphatic heterocycles. The van der Waals surface area contributed by atoms with E-state index in [2.05, 4.69) is 9.97 Å². The highest BCUT2D eigenvalue weighted by molar-refractivity contribution is 8.77. The lowest BCUT2D eigenvalue weighted by Gasteiger charge is -2.23. The Hall–Kier alpha value is -1.93. The quantitative estimate of drug-likeness (QED) is 0.273. The van der Waals surface area contributed by atoms with Crippen molar-refractivity contribution in [2.24, 2.45) is 0 Å². The molecule has 2 aromatic heterocycles. The Balaban J connectivity index is 1.44. The molecule has 1 N–H and O–H groups in total. The maximum absolute atomic E-state index is 12.9. The minimum absolute atomic E-state index is 0.0347. The van der Waals surface area contributed by atoms with E-state index in [1.54, 1.807) is 60.5 Å². The molecule has 1 fully saturated rings. The van der Waals surface area contributed by atoms with Gasteiger partial charge in [0.15, 0.2) is 6.23 Å². The Morgan fingerprint density at radius 1 is 1.00 bits per heavy atom. The van der Waals surface area contributed by atoms with Crippen LogP contribution >= 0.6 is 43.2 Å². The van der Waals surface area contributed by atoms with Gasteiger partial charge in [-0.05, 0) is 45.9 Å². The molecule has 1 atom stereocenters. The molecule has 13 heteroatoms. The second-order valence-electron chi connectivity index (χ2n) is 7.23. The number of aromatic nitrogens is 2. The van der Waals surface area contributed by atoms with E-state index in [1.807, 2.05) is 36.4 Å². The number of hydrogen-bond acceptors (Lipinski definition) is 11. The molecule has 2 amide bonds. The van der Waals surface area contributed by atoms with Crippen LogP contribution in [-0.2, 0) is 19.2 Å². The van der Waals surface area contributed by atoms with Crippen molar-refractivity contribution in [3.8, 4) is 0 Å². The molecule has 0 bridgehead atoms. The summed E-state index contributed by atoms with van der Waals surface area (Å²) in [5.41, 5.74) is 0. The van der Waals surface area contributed by atoms with Crippen LogP contribution in [0.3, 0.4) is 0 Å². The van der Waals surface area contributed by atoms with Crippen LogP contribution in [0.15, 0.2) is 58.8 Å². The summed E-state index contributed by atoms with van der Waals surface area (Å²) in [5, 5.41) is 12.2. The van der Waals surface area contributed by atoms with E-state index in [9.17, 15) is 19.5 Å². The second-order valence-corrected chi connectivity index (χ2v) is 12.1. The van der Waals surface area contributed by atoms with Gasteiger partial charge in [-0.15, -0.1) is 5.06 Å². The van der Waals surface area contributed by atoms with Crippen molar-refractivity contribution in [1.29, 1.82) is 0 Å². The SMILES string of the molecule is O=C(CCC(=O)N(CCSSc1ccccn1)CCSSc1ccccn1)ON1C(=O)CCC1O. The van der Waals surface area contributed by atoms with Crippen molar-refractivity contribution >= 4 is 61.0 Å². The number of hydroxylamine groups is 2. The molecular formula is C22H26N4O5S4. The lowest BCUT2D eigenvalue weighted by atomic mass is 10.3. The summed E-state index contributed by atoms with van der Waals surface area (Å²) in [6.07, 6.45) is 2.50. The zero-order valence-electron chi connectivity index (χ0n) is 18.9. The largest absolute Gasteiger partial charge is 0.370 e. The molecule has 1 saturated heterocycles. The summed E-state index contributed by atoms with van der Waals surface area (Å²) < 4.78 is 0. The smallest absolute Gasteiger partial charge is 0.333 e. The molecule has 0 saturated carbocycles. The van der Waals surface area contributed by atoms with E-state index in [1.165, 1.54) is 0 Å². The second kappa shape index (κ2) is 15.2. The van der Waals surface area contributed by atoms with Crippen molar-refractivity contribution in [1.82, 2.24) is 19.9 Å². The predicted molar refractivity (Wildman–Crippen MR) is 139 cm³/mol. The fourth-order valence-electron chi connectivity index (χ4n) is 2.93. The van der Waals surface area contributed by atoms with Gasteiger partial charge in [-0.25, -0.2) is 14.8 Å². The highest BCUT2D eigenvalue weighted by atomic mass is 33.1. The van der Waals surface area contributed by atoms with Crippen LogP contribution in [0.1, 0.15) is 25.7 Å². The Morgan fingerprint density at radius 3 is 2.09 bits per heavy atom. The number of pyridine rings is 2. The van der Waals surface area contributed by atoms with Crippen LogP contribution < -0.4 is 0 Å². The van der Waals surface area contributed by atoms with Crippen molar-refractivity contribution < 1.29 is 24.3 Å². The van der Waals surface area contributed by atoms with Crippen molar-refractivity contribution in [3.05, 3.63) is 48.8 Å². The molecular weight excluding hydrogens is 529 g/mol. The van der Waals surface area contributed by atoms with Crippen molar-refractivity contribution in [2.75, 3.05) is 24.6 Å². The number of carbonyl (C=O) groups is 3. The molecule has 0 aliphatic carbocycles. The first kappa shape index (κ1) is 27.7. The average Bonchev–Trinajstić information content (AvgIpc) is 3.19. The molecule has 0 spiro atoms. The van der Waals surface area contributed by atoms with Crippen LogP contribution in [-0.4, -0.2) is 73.6 Å². The highest BCUT2D eigenvalue weighted by Gasteiger charge is 2.33. The van der Waals surface area contributed by atoms with Crippen LogP contribution in [0.2, 0.25) is 0 Å². The molecule has 2 aromatic rings. The van der Waals surface area contributed by atoms with Crippen molar-refractivity contribution in [3.63, 3.8) is 0 Å². The fourth-order valence-corrected chi connectivity index (χ4v) is 6.67. The van der Waals surface area contributed by atoms with Gasteiger partial charge in [0.2, 0.25) is 5.91 Å². The molecule has 3 heterocycles. The lowest BCUT2D eigenvalue weighted by Crippen LogP contribution is -2.37. The number of rotatable bonds is 14. The average molecular weight is 555 g/mol. The zero-order valence-corrected chi connectivity index (χ0v) is 22.1. The standard InChI is InChI=1S/C22H26N4O5S4/c27-19(9-10-22(30)31-26-20(28)7-8-21(26)29)25(13-15-32-34-17-5-1-3-11-23-17)14-16-33-35-18-6-2-4-12-24-18/h1-6,11-12,20,28H,7-10,13-16H2. The van der Waals surface area contributed by atoms with E-state index in [4.69, 9.17) is 4.84 Å². The summed E-state index contributed by atoms with van der Waals surface area (Å²) in [4.78, 5) is 51.9. The fraction of sp³-hybridized carbons (Fsp3) is 0.409. The lowest BCUT2D eigenvalue weighted by molar-refractivity contribution is -0.220. The third kappa shape index (κ3) is 9.92. The molecule has 9 nitrogen and oxygen atoms in total. The van der Waals surface area contributed by atoms with E-state index < -0.39 is 18.1 Å². The van der Waals surface area contributed by atoms with Gasteiger partial charge in [-0.3, -0.25) is 9.59 Å². The molecule has 1 unspecified atom stereocenters. The number of aliphatic hydroxyl groups is 1. The highest BCUT2D eigenvalue weighted by Crippen LogP contribution is 2.30. The summed E-state index contributed by atoms with van der Waals surface area (Å²) in [7, 11) is 6.32. The Kier molecular flexibility index (Phi) is 12.0. The molecule has 0 aromatic carbocycles. The van der Waals surface area contributed by atoms with Gasteiger partial charge in [0.25, 0.3) is 5.91 Å². The molecule has 3 rings (SSSR count). The van der Waals surface area contributed by atoms with Gasteiger partial charge in [0.1, 0.15) is 10.1 Å². The number of carbonyl (C=O) groups excluding carboxylic acids is 3. The summed E-state index contributed by atoms with van der Waals surface area (Å²) in [5.74, 6) is 0.0759. The van der Waals surface area contributed by atoms with E-state index in [0.29, 0.717) is 29.7 Å². The molecule has 0 radical (unpaired) electrons. The van der Waals surface area contributed by atoms with Gasteiger partial charge >= 0.3 is 5.97 Å². The third-order valence-corrected chi connectivity index (χ3v) is 9.17. The van der Waals surface area contributed by atoms with Gasteiger partial charge in [-0.1, -0.05) is 33.7 Å². The number of hydrogen-bond donors (Lipinski definition) is 1. The van der Waals surface area contributed by atoms with Gasteiger partial charge in [0.05, 0.1) is 6.42 Å². The maximum Gasteiger partial charge on any atom is 0.333 e. The van der Waals surface area contributed by atoms with Crippen LogP contribution in [0, 0.1) is 0 Å². The molecule has 188 valence electrons.